The topological polar surface area (TPSA) is 72.0 Å². The summed E-state index contributed by atoms with van der Waals surface area (Å²) in [4.78, 5) is 0.155. The lowest BCUT2D eigenvalue weighted by Gasteiger charge is -2.16. The zero-order valence-corrected chi connectivity index (χ0v) is 14.5. The predicted octanol–water partition coefficient (Wildman–Crippen LogP) is 4.01. The molecule has 1 unspecified atom stereocenters. The number of nitrogens with zero attached hydrogens (tertiary/aromatic N) is 2. The van der Waals surface area contributed by atoms with Gasteiger partial charge in [0.05, 0.1) is 17.4 Å². The van der Waals surface area contributed by atoms with E-state index in [0.29, 0.717) is 16.7 Å². The van der Waals surface area contributed by atoms with Crippen molar-refractivity contribution in [2.75, 3.05) is 4.72 Å². The number of benzene rings is 2. The lowest BCUT2D eigenvalue weighted by Crippen LogP contribution is -2.15. The van der Waals surface area contributed by atoms with E-state index < -0.39 is 10.0 Å². The highest BCUT2D eigenvalue weighted by Crippen LogP contribution is 2.29. The normalized spacial score (nSPS) is 13.1. The molecule has 0 amide bonds. The Kier molecular flexibility index (Phi) is 4.32. The fourth-order valence-corrected chi connectivity index (χ4v) is 4.29. The zero-order valence-electron chi connectivity index (χ0n) is 12.9. The van der Waals surface area contributed by atoms with Gasteiger partial charge in [-0.2, -0.15) is 8.75 Å². The Morgan fingerprint density at radius 1 is 1.13 bits per heavy atom. The predicted molar refractivity (Wildman–Crippen MR) is 93.4 cm³/mol. The number of para-hydroxylation sites is 1. The molecule has 1 N–H and O–H groups in total. The standard InChI is InChI=1S/C16H17N3O2S2/c1-3-11(2)12-7-4-5-8-13(12)19-23(20,21)15-10-6-9-14-16(15)18-22-17-14/h4-11,19H,3H2,1-2H3. The molecule has 1 heterocycles. The number of hydrogen-bond donors (Lipinski definition) is 1. The van der Waals surface area contributed by atoms with Crippen LogP contribution in [0, 0.1) is 0 Å². The second-order valence-corrected chi connectivity index (χ2v) is 7.57. The molecule has 0 aliphatic carbocycles. The Hall–Kier alpha value is -1.99. The van der Waals surface area contributed by atoms with E-state index in [0.717, 1.165) is 23.7 Å². The molecule has 5 nitrogen and oxygen atoms in total. The maximum atomic E-state index is 12.8. The number of hydrogen-bond acceptors (Lipinski definition) is 5. The SMILES string of the molecule is CCC(C)c1ccccc1NS(=O)(=O)c1cccc2nsnc12. The minimum absolute atomic E-state index is 0.155. The second-order valence-electron chi connectivity index (χ2n) is 5.39. The van der Waals surface area contributed by atoms with Gasteiger partial charge in [-0.05, 0) is 36.1 Å². The third-order valence-electron chi connectivity index (χ3n) is 3.89. The van der Waals surface area contributed by atoms with Crippen molar-refractivity contribution in [3.05, 3.63) is 48.0 Å². The minimum Gasteiger partial charge on any atom is -0.279 e. The zero-order chi connectivity index (χ0) is 16.4. The summed E-state index contributed by atoms with van der Waals surface area (Å²) in [5, 5.41) is 0. The summed E-state index contributed by atoms with van der Waals surface area (Å²) < 4.78 is 36.5. The molecule has 0 spiro atoms. The maximum absolute atomic E-state index is 12.8. The molecule has 3 rings (SSSR count). The lowest BCUT2D eigenvalue weighted by atomic mass is 9.97. The van der Waals surface area contributed by atoms with Gasteiger partial charge in [0, 0.05) is 0 Å². The molecule has 3 aromatic rings. The van der Waals surface area contributed by atoms with Gasteiger partial charge in [0.1, 0.15) is 15.9 Å². The van der Waals surface area contributed by atoms with Gasteiger partial charge < -0.3 is 0 Å². The third kappa shape index (κ3) is 3.07. The van der Waals surface area contributed by atoms with Gasteiger partial charge in [-0.3, -0.25) is 4.72 Å². The van der Waals surface area contributed by atoms with Crippen LogP contribution in [0.15, 0.2) is 47.4 Å². The summed E-state index contributed by atoms with van der Waals surface area (Å²) in [6.07, 6.45) is 0.935. The van der Waals surface area contributed by atoms with Crippen molar-refractivity contribution >= 4 is 38.5 Å². The van der Waals surface area contributed by atoms with E-state index in [1.54, 1.807) is 24.3 Å². The van der Waals surface area contributed by atoms with Crippen molar-refractivity contribution in [2.45, 2.75) is 31.1 Å². The van der Waals surface area contributed by atoms with Crippen molar-refractivity contribution in [1.82, 2.24) is 8.75 Å². The van der Waals surface area contributed by atoms with Crippen LogP contribution in [0.1, 0.15) is 31.7 Å². The Balaban J connectivity index is 2.04. The van der Waals surface area contributed by atoms with Gasteiger partial charge in [0.2, 0.25) is 0 Å². The maximum Gasteiger partial charge on any atom is 0.264 e. The number of anilines is 1. The first-order valence-electron chi connectivity index (χ1n) is 7.36. The Labute approximate surface area is 139 Å². The van der Waals surface area contributed by atoms with Crippen LogP contribution in [0.2, 0.25) is 0 Å². The molecule has 0 aliphatic heterocycles. The highest BCUT2D eigenvalue weighted by Gasteiger charge is 2.21. The van der Waals surface area contributed by atoms with Gasteiger partial charge in [-0.1, -0.05) is 38.1 Å². The fraction of sp³-hybridized carbons (Fsp3) is 0.250. The smallest absolute Gasteiger partial charge is 0.264 e. The first kappa shape index (κ1) is 15.9. The fourth-order valence-electron chi connectivity index (χ4n) is 2.44. The molecule has 2 aromatic carbocycles. The van der Waals surface area contributed by atoms with E-state index in [4.69, 9.17) is 0 Å². The molecule has 0 radical (unpaired) electrons. The van der Waals surface area contributed by atoms with Gasteiger partial charge in [-0.15, -0.1) is 0 Å². The van der Waals surface area contributed by atoms with E-state index >= 15 is 0 Å². The highest BCUT2D eigenvalue weighted by atomic mass is 32.2. The van der Waals surface area contributed by atoms with E-state index in [1.165, 1.54) is 0 Å². The van der Waals surface area contributed by atoms with E-state index in [-0.39, 0.29) is 10.8 Å². The number of rotatable bonds is 5. The van der Waals surface area contributed by atoms with Crippen molar-refractivity contribution in [3.8, 4) is 0 Å². The first-order valence-corrected chi connectivity index (χ1v) is 9.57. The Morgan fingerprint density at radius 2 is 1.91 bits per heavy atom. The summed E-state index contributed by atoms with van der Waals surface area (Å²) in [5.41, 5.74) is 2.60. The molecule has 7 heteroatoms. The number of sulfonamides is 1. The van der Waals surface area contributed by atoms with Gasteiger partial charge >= 0.3 is 0 Å². The van der Waals surface area contributed by atoms with Crippen LogP contribution in [0.3, 0.4) is 0 Å². The molecule has 0 saturated carbocycles. The third-order valence-corrected chi connectivity index (χ3v) is 5.83. The van der Waals surface area contributed by atoms with Crippen molar-refractivity contribution in [3.63, 3.8) is 0 Å². The largest absolute Gasteiger partial charge is 0.279 e. The van der Waals surface area contributed by atoms with E-state index in [9.17, 15) is 8.42 Å². The number of nitrogens with one attached hydrogen (secondary N) is 1. The summed E-state index contributed by atoms with van der Waals surface area (Å²) in [5.74, 6) is 0.269. The summed E-state index contributed by atoms with van der Waals surface area (Å²) in [7, 11) is -3.72. The molecule has 23 heavy (non-hydrogen) atoms. The van der Waals surface area contributed by atoms with Crippen molar-refractivity contribution < 1.29 is 8.42 Å². The molecular formula is C16H17N3O2S2. The van der Waals surface area contributed by atoms with Crippen LogP contribution in [-0.2, 0) is 10.0 Å². The van der Waals surface area contributed by atoms with Gasteiger partial charge in [-0.25, -0.2) is 8.42 Å². The Bertz CT molecular complexity index is 935. The monoisotopic (exact) mass is 347 g/mol. The second kappa shape index (κ2) is 6.25. The lowest BCUT2D eigenvalue weighted by molar-refractivity contribution is 0.601. The quantitative estimate of drug-likeness (QED) is 0.757. The number of aromatic nitrogens is 2. The van der Waals surface area contributed by atoms with Crippen molar-refractivity contribution in [1.29, 1.82) is 0 Å². The molecule has 0 saturated heterocycles. The molecule has 0 fully saturated rings. The van der Waals surface area contributed by atoms with Gasteiger partial charge in [0.25, 0.3) is 10.0 Å². The number of fused-ring (bicyclic) bond motifs is 1. The summed E-state index contributed by atoms with van der Waals surface area (Å²) in [6, 6.07) is 12.5. The molecular weight excluding hydrogens is 330 g/mol. The van der Waals surface area contributed by atoms with Crippen LogP contribution in [0.25, 0.3) is 11.0 Å². The molecule has 1 aromatic heterocycles. The van der Waals surface area contributed by atoms with Crippen LogP contribution >= 0.6 is 11.7 Å². The first-order chi connectivity index (χ1) is 11.0. The average Bonchev–Trinajstić information content (AvgIpc) is 3.02. The summed E-state index contributed by atoms with van der Waals surface area (Å²) in [6.45, 7) is 4.16. The molecule has 120 valence electrons. The van der Waals surface area contributed by atoms with Crippen LogP contribution in [-0.4, -0.2) is 17.2 Å². The molecule has 0 bridgehead atoms. The van der Waals surface area contributed by atoms with E-state index in [1.807, 2.05) is 18.2 Å². The van der Waals surface area contributed by atoms with Crippen LogP contribution in [0.4, 0.5) is 5.69 Å². The average molecular weight is 347 g/mol. The van der Waals surface area contributed by atoms with Crippen molar-refractivity contribution in [2.24, 2.45) is 0 Å². The van der Waals surface area contributed by atoms with Crippen LogP contribution < -0.4 is 4.72 Å². The van der Waals surface area contributed by atoms with Crippen LogP contribution in [0.5, 0.6) is 0 Å². The highest BCUT2D eigenvalue weighted by molar-refractivity contribution is 7.93. The van der Waals surface area contributed by atoms with E-state index in [2.05, 4.69) is 27.3 Å². The molecule has 0 aliphatic rings. The Morgan fingerprint density at radius 3 is 2.70 bits per heavy atom. The molecule has 1 atom stereocenters. The van der Waals surface area contributed by atoms with Gasteiger partial charge in [0.15, 0.2) is 0 Å². The minimum atomic E-state index is -3.72. The summed E-state index contributed by atoms with van der Waals surface area (Å²) >= 11 is 1.01.